The Kier molecular flexibility index (Phi) is 3.56. The summed E-state index contributed by atoms with van der Waals surface area (Å²) in [5.41, 5.74) is 3.60. The standard InChI is InChI=1S/C15H14BrN3O2S/c16-12-5-9(8-22-12)10-7-17-15-11(20)6-13(18-14(10)15)19-1-3-21-4-2-19/h5-8,17H,1-4H2,(H,18,20). The van der Waals surface area contributed by atoms with Crippen molar-refractivity contribution in [2.24, 2.45) is 0 Å². The fourth-order valence-electron chi connectivity index (χ4n) is 2.76. The van der Waals surface area contributed by atoms with Crippen molar-refractivity contribution in [3.63, 3.8) is 0 Å². The second kappa shape index (κ2) is 5.57. The fourth-order valence-corrected chi connectivity index (χ4v) is 3.92. The zero-order valence-corrected chi connectivity index (χ0v) is 14.1. The number of hydrogen-bond acceptors (Lipinski definition) is 4. The number of halogens is 1. The Morgan fingerprint density at radius 2 is 2.05 bits per heavy atom. The lowest BCUT2D eigenvalue weighted by Crippen LogP contribution is -2.37. The first kappa shape index (κ1) is 14.0. The topological polar surface area (TPSA) is 61.1 Å². The second-order valence-corrected chi connectivity index (χ2v) is 7.50. The van der Waals surface area contributed by atoms with Crippen LogP contribution in [0.1, 0.15) is 0 Å². The van der Waals surface area contributed by atoms with Crippen LogP contribution in [-0.4, -0.2) is 36.3 Å². The number of H-pyrrole nitrogens is 2. The maximum absolute atomic E-state index is 12.4. The van der Waals surface area contributed by atoms with Gasteiger partial charge in [-0.05, 0) is 32.9 Å². The van der Waals surface area contributed by atoms with Crippen LogP contribution in [0.2, 0.25) is 0 Å². The number of rotatable bonds is 2. The summed E-state index contributed by atoms with van der Waals surface area (Å²) < 4.78 is 6.45. The average Bonchev–Trinajstić information content (AvgIpc) is 3.14. The Bertz CT molecular complexity index is 876. The van der Waals surface area contributed by atoms with Crippen LogP contribution in [0.5, 0.6) is 0 Å². The molecule has 0 atom stereocenters. The van der Waals surface area contributed by atoms with E-state index in [1.165, 1.54) is 0 Å². The van der Waals surface area contributed by atoms with Crippen LogP contribution in [0, 0.1) is 0 Å². The summed E-state index contributed by atoms with van der Waals surface area (Å²) in [7, 11) is 0. The van der Waals surface area contributed by atoms with Gasteiger partial charge in [-0.3, -0.25) is 4.79 Å². The van der Waals surface area contributed by atoms with Gasteiger partial charge < -0.3 is 19.6 Å². The molecule has 5 nitrogen and oxygen atoms in total. The number of anilines is 1. The highest BCUT2D eigenvalue weighted by Gasteiger charge is 2.16. The molecule has 0 aliphatic carbocycles. The van der Waals surface area contributed by atoms with Crippen molar-refractivity contribution in [3.05, 3.63) is 37.7 Å². The molecule has 0 saturated carbocycles. The van der Waals surface area contributed by atoms with Gasteiger partial charge in [0.25, 0.3) is 0 Å². The van der Waals surface area contributed by atoms with E-state index in [0.717, 1.165) is 39.3 Å². The molecule has 2 N–H and O–H groups in total. The Labute approximate surface area is 139 Å². The zero-order chi connectivity index (χ0) is 15.1. The van der Waals surface area contributed by atoms with Gasteiger partial charge in [0, 0.05) is 30.9 Å². The lowest BCUT2D eigenvalue weighted by molar-refractivity contribution is 0.122. The van der Waals surface area contributed by atoms with Gasteiger partial charge in [0.05, 0.1) is 22.5 Å². The molecule has 4 heterocycles. The Hall–Kier alpha value is -1.57. The molecule has 0 bridgehead atoms. The van der Waals surface area contributed by atoms with Crippen LogP contribution < -0.4 is 10.3 Å². The molecule has 0 aromatic carbocycles. The van der Waals surface area contributed by atoms with Crippen LogP contribution in [-0.2, 0) is 4.74 Å². The van der Waals surface area contributed by atoms with E-state index in [-0.39, 0.29) is 5.43 Å². The highest BCUT2D eigenvalue weighted by molar-refractivity contribution is 9.11. The normalized spacial score (nSPS) is 15.6. The van der Waals surface area contributed by atoms with Gasteiger partial charge in [0.2, 0.25) is 5.43 Å². The van der Waals surface area contributed by atoms with Gasteiger partial charge in [0.15, 0.2) is 0 Å². The van der Waals surface area contributed by atoms with E-state index in [1.54, 1.807) is 17.4 Å². The summed E-state index contributed by atoms with van der Waals surface area (Å²) in [6.07, 6.45) is 1.89. The number of ether oxygens (including phenoxy) is 1. The van der Waals surface area contributed by atoms with E-state index in [9.17, 15) is 4.79 Å². The molecule has 0 amide bonds. The van der Waals surface area contributed by atoms with Crippen molar-refractivity contribution < 1.29 is 4.74 Å². The van der Waals surface area contributed by atoms with Crippen molar-refractivity contribution in [1.82, 2.24) is 9.97 Å². The van der Waals surface area contributed by atoms with E-state index >= 15 is 0 Å². The van der Waals surface area contributed by atoms with Crippen LogP contribution in [0.15, 0.2) is 32.3 Å². The average molecular weight is 380 g/mol. The van der Waals surface area contributed by atoms with E-state index < -0.39 is 0 Å². The first-order valence-corrected chi connectivity index (χ1v) is 8.71. The lowest BCUT2D eigenvalue weighted by Gasteiger charge is -2.28. The molecule has 22 heavy (non-hydrogen) atoms. The minimum Gasteiger partial charge on any atom is -0.378 e. The number of pyridine rings is 1. The minimum atomic E-state index is 0.00999. The van der Waals surface area contributed by atoms with Crippen molar-refractivity contribution in [1.29, 1.82) is 0 Å². The van der Waals surface area contributed by atoms with Crippen molar-refractivity contribution in [2.75, 3.05) is 31.2 Å². The van der Waals surface area contributed by atoms with Crippen LogP contribution in [0.4, 0.5) is 5.82 Å². The number of aromatic amines is 2. The van der Waals surface area contributed by atoms with Gasteiger partial charge >= 0.3 is 0 Å². The van der Waals surface area contributed by atoms with Gasteiger partial charge in [-0.2, -0.15) is 0 Å². The van der Waals surface area contributed by atoms with Crippen molar-refractivity contribution in [3.8, 4) is 11.1 Å². The molecule has 1 fully saturated rings. The maximum Gasteiger partial charge on any atom is 0.207 e. The van der Waals surface area contributed by atoms with Gasteiger partial charge in [-0.1, -0.05) is 0 Å². The number of fused-ring (bicyclic) bond motifs is 1. The molecule has 0 unspecified atom stereocenters. The largest absolute Gasteiger partial charge is 0.378 e. The number of nitrogens with zero attached hydrogens (tertiary/aromatic N) is 1. The molecule has 1 aliphatic heterocycles. The summed E-state index contributed by atoms with van der Waals surface area (Å²) in [4.78, 5) is 21.1. The molecule has 114 valence electrons. The number of hydrogen-bond donors (Lipinski definition) is 2. The number of aromatic nitrogens is 2. The molecule has 1 saturated heterocycles. The Balaban J connectivity index is 1.86. The molecule has 4 rings (SSSR count). The smallest absolute Gasteiger partial charge is 0.207 e. The third kappa shape index (κ3) is 2.39. The van der Waals surface area contributed by atoms with Crippen LogP contribution >= 0.6 is 27.3 Å². The summed E-state index contributed by atoms with van der Waals surface area (Å²) in [6, 6.07) is 3.73. The zero-order valence-electron chi connectivity index (χ0n) is 11.7. The minimum absolute atomic E-state index is 0.00999. The first-order valence-electron chi connectivity index (χ1n) is 7.04. The van der Waals surface area contributed by atoms with E-state index in [2.05, 4.69) is 42.2 Å². The number of nitrogens with one attached hydrogen (secondary N) is 2. The highest BCUT2D eigenvalue weighted by Crippen LogP contribution is 2.33. The lowest BCUT2D eigenvalue weighted by atomic mass is 10.1. The van der Waals surface area contributed by atoms with E-state index in [1.807, 2.05) is 6.20 Å². The third-order valence-corrected chi connectivity index (χ3v) is 5.38. The molecular weight excluding hydrogens is 366 g/mol. The van der Waals surface area contributed by atoms with Gasteiger partial charge in [0.1, 0.15) is 11.3 Å². The number of morpholine rings is 1. The summed E-state index contributed by atoms with van der Waals surface area (Å²) in [5.74, 6) is 0.857. The fraction of sp³-hybridized carbons (Fsp3) is 0.267. The SMILES string of the molecule is O=c1cc(N2CCOCC2)[nH]c2c(-c3csc(Br)c3)c[nH]c12. The predicted octanol–water partition coefficient (Wildman–Crippen LogP) is 3.18. The summed E-state index contributed by atoms with van der Waals surface area (Å²) >= 11 is 5.12. The molecule has 7 heteroatoms. The maximum atomic E-state index is 12.4. The quantitative estimate of drug-likeness (QED) is 0.718. The third-order valence-electron chi connectivity index (χ3n) is 3.88. The summed E-state index contributed by atoms with van der Waals surface area (Å²) in [6.45, 7) is 2.98. The van der Waals surface area contributed by atoms with Crippen molar-refractivity contribution in [2.45, 2.75) is 0 Å². The molecule has 3 aromatic heterocycles. The molecular formula is C15H14BrN3O2S. The number of thiophene rings is 1. The molecule has 3 aromatic rings. The van der Waals surface area contributed by atoms with Gasteiger partial charge in [-0.25, -0.2) is 0 Å². The predicted molar refractivity (Wildman–Crippen MR) is 93.0 cm³/mol. The second-order valence-electron chi connectivity index (χ2n) is 5.21. The first-order chi connectivity index (χ1) is 10.7. The Morgan fingerprint density at radius 1 is 1.23 bits per heavy atom. The van der Waals surface area contributed by atoms with E-state index in [4.69, 9.17) is 4.74 Å². The van der Waals surface area contributed by atoms with Crippen molar-refractivity contribution >= 4 is 44.1 Å². The molecule has 0 radical (unpaired) electrons. The molecule has 1 aliphatic rings. The molecule has 0 spiro atoms. The van der Waals surface area contributed by atoms with Crippen LogP contribution in [0.3, 0.4) is 0 Å². The highest BCUT2D eigenvalue weighted by atomic mass is 79.9. The van der Waals surface area contributed by atoms with Gasteiger partial charge in [-0.15, -0.1) is 11.3 Å². The van der Waals surface area contributed by atoms with Crippen LogP contribution in [0.25, 0.3) is 22.2 Å². The van der Waals surface area contributed by atoms with E-state index in [0.29, 0.717) is 18.7 Å². The monoisotopic (exact) mass is 379 g/mol. The Morgan fingerprint density at radius 3 is 2.77 bits per heavy atom. The summed E-state index contributed by atoms with van der Waals surface area (Å²) in [5, 5.41) is 2.08.